The minimum atomic E-state index is 0.00692. The summed E-state index contributed by atoms with van der Waals surface area (Å²) < 4.78 is 5.39. The van der Waals surface area contributed by atoms with Gasteiger partial charge in [0.1, 0.15) is 11.6 Å². The Morgan fingerprint density at radius 2 is 2.30 bits per heavy atom. The van der Waals surface area contributed by atoms with Crippen LogP contribution in [0.15, 0.2) is 29.0 Å². The van der Waals surface area contributed by atoms with Gasteiger partial charge in [-0.2, -0.15) is 15.1 Å². The lowest BCUT2D eigenvalue weighted by Crippen LogP contribution is -2.10. The van der Waals surface area contributed by atoms with Gasteiger partial charge in [0.15, 0.2) is 5.65 Å². The molecule has 3 N–H and O–H groups in total. The van der Waals surface area contributed by atoms with E-state index in [1.54, 1.807) is 12.5 Å². The van der Waals surface area contributed by atoms with Crippen molar-refractivity contribution in [2.75, 3.05) is 17.2 Å². The molecule has 7 nitrogen and oxygen atoms in total. The predicted octanol–water partition coefficient (Wildman–Crippen LogP) is 2.55. The number of fused-ring (bicyclic) bond motifs is 1. The number of hydrogen-bond donors (Lipinski definition) is 3. The summed E-state index contributed by atoms with van der Waals surface area (Å²) in [5, 5.41) is 14.2. The number of aromatic nitrogens is 4. The van der Waals surface area contributed by atoms with Crippen LogP contribution >= 0.6 is 0 Å². The van der Waals surface area contributed by atoms with Crippen LogP contribution in [0.1, 0.15) is 25.6 Å². The molecule has 0 fully saturated rings. The van der Waals surface area contributed by atoms with Gasteiger partial charge < -0.3 is 15.1 Å². The molecule has 3 rings (SSSR count). The number of nitrogens with one attached hydrogen (secondary N) is 3. The third-order valence-electron chi connectivity index (χ3n) is 2.97. The van der Waals surface area contributed by atoms with Crippen molar-refractivity contribution in [3.05, 3.63) is 30.4 Å². The van der Waals surface area contributed by atoms with E-state index < -0.39 is 0 Å². The van der Waals surface area contributed by atoms with E-state index in [4.69, 9.17) is 4.42 Å². The topological polar surface area (TPSA) is 91.7 Å². The van der Waals surface area contributed by atoms with Crippen molar-refractivity contribution in [1.82, 2.24) is 20.2 Å². The lowest BCUT2D eigenvalue weighted by atomic mass is 10.2. The first-order valence-electron chi connectivity index (χ1n) is 6.53. The van der Waals surface area contributed by atoms with Gasteiger partial charge in [0.05, 0.1) is 23.9 Å². The molecule has 0 saturated heterocycles. The van der Waals surface area contributed by atoms with Crippen LogP contribution in [0.5, 0.6) is 0 Å². The van der Waals surface area contributed by atoms with Crippen LogP contribution in [-0.4, -0.2) is 26.7 Å². The van der Waals surface area contributed by atoms with Crippen molar-refractivity contribution in [2.45, 2.75) is 19.9 Å². The zero-order valence-corrected chi connectivity index (χ0v) is 11.3. The molecule has 0 amide bonds. The maximum absolute atomic E-state index is 5.39. The van der Waals surface area contributed by atoms with E-state index in [1.807, 2.05) is 26.0 Å². The van der Waals surface area contributed by atoms with Gasteiger partial charge in [0.25, 0.3) is 0 Å². The zero-order chi connectivity index (χ0) is 13.9. The second kappa shape index (κ2) is 5.20. The van der Waals surface area contributed by atoms with Crippen molar-refractivity contribution in [3.63, 3.8) is 0 Å². The van der Waals surface area contributed by atoms with Gasteiger partial charge in [-0.3, -0.25) is 5.10 Å². The Hall–Kier alpha value is -2.57. The van der Waals surface area contributed by atoms with E-state index >= 15 is 0 Å². The van der Waals surface area contributed by atoms with Crippen LogP contribution in [0.25, 0.3) is 11.0 Å². The highest BCUT2D eigenvalue weighted by Gasteiger charge is 2.14. The fraction of sp³-hybridized carbons (Fsp3) is 0.308. The summed E-state index contributed by atoms with van der Waals surface area (Å²) in [6.45, 7) is 4.77. The van der Waals surface area contributed by atoms with Crippen molar-refractivity contribution in [1.29, 1.82) is 0 Å². The first-order chi connectivity index (χ1) is 9.78. The number of furan rings is 1. The number of rotatable bonds is 5. The maximum Gasteiger partial charge on any atom is 0.226 e. The van der Waals surface area contributed by atoms with Gasteiger partial charge in [-0.1, -0.05) is 0 Å². The molecule has 3 heterocycles. The molecule has 3 aromatic heterocycles. The molecule has 3 aromatic rings. The second-order valence-electron chi connectivity index (χ2n) is 4.44. The van der Waals surface area contributed by atoms with Crippen LogP contribution in [0.3, 0.4) is 0 Å². The molecule has 1 atom stereocenters. The van der Waals surface area contributed by atoms with Crippen molar-refractivity contribution in [2.24, 2.45) is 0 Å². The van der Waals surface area contributed by atoms with Crippen LogP contribution in [0, 0.1) is 0 Å². The van der Waals surface area contributed by atoms with Gasteiger partial charge in [-0.05, 0) is 26.0 Å². The molecule has 7 heteroatoms. The summed E-state index contributed by atoms with van der Waals surface area (Å²) in [6, 6.07) is 3.80. The predicted molar refractivity (Wildman–Crippen MR) is 76.6 cm³/mol. The third kappa shape index (κ3) is 2.29. The standard InChI is InChI=1S/C13H16N6O/c1-3-14-13-17-11(9-7-15-19-12(9)18-13)16-8(2)10-5-4-6-20-10/h4-8H,3H2,1-2H3,(H3,14,15,16,17,18,19). The van der Waals surface area contributed by atoms with E-state index in [1.165, 1.54) is 0 Å². The van der Waals surface area contributed by atoms with E-state index in [2.05, 4.69) is 30.8 Å². The number of aromatic amines is 1. The lowest BCUT2D eigenvalue weighted by Gasteiger charge is -2.13. The highest BCUT2D eigenvalue weighted by Crippen LogP contribution is 2.24. The molecule has 0 aliphatic carbocycles. The number of hydrogen-bond acceptors (Lipinski definition) is 6. The van der Waals surface area contributed by atoms with E-state index in [-0.39, 0.29) is 6.04 Å². The van der Waals surface area contributed by atoms with Gasteiger partial charge in [-0.15, -0.1) is 0 Å². The number of H-pyrrole nitrogens is 1. The summed E-state index contributed by atoms with van der Waals surface area (Å²) in [5.74, 6) is 2.15. The van der Waals surface area contributed by atoms with Crippen LogP contribution in [-0.2, 0) is 0 Å². The Kier molecular flexibility index (Phi) is 3.24. The summed E-state index contributed by atoms with van der Waals surface area (Å²) in [7, 11) is 0. The molecular weight excluding hydrogens is 256 g/mol. The summed E-state index contributed by atoms with van der Waals surface area (Å²) in [4.78, 5) is 8.83. The molecule has 0 aliphatic heterocycles. The van der Waals surface area contributed by atoms with Gasteiger partial charge in [0, 0.05) is 6.54 Å². The average molecular weight is 272 g/mol. The first kappa shape index (κ1) is 12.5. The fourth-order valence-electron chi connectivity index (χ4n) is 2.00. The molecule has 20 heavy (non-hydrogen) atoms. The monoisotopic (exact) mass is 272 g/mol. The average Bonchev–Trinajstić information content (AvgIpc) is 3.10. The minimum absolute atomic E-state index is 0.00692. The highest BCUT2D eigenvalue weighted by atomic mass is 16.3. The van der Waals surface area contributed by atoms with E-state index in [0.29, 0.717) is 11.6 Å². The molecule has 1 unspecified atom stereocenters. The number of anilines is 2. The first-order valence-corrected chi connectivity index (χ1v) is 6.53. The summed E-state index contributed by atoms with van der Waals surface area (Å²) in [6.07, 6.45) is 3.37. The zero-order valence-electron chi connectivity index (χ0n) is 11.3. The Morgan fingerprint density at radius 1 is 1.40 bits per heavy atom. The van der Waals surface area contributed by atoms with E-state index in [9.17, 15) is 0 Å². The molecular formula is C13H16N6O. The Labute approximate surface area is 115 Å². The second-order valence-corrected chi connectivity index (χ2v) is 4.44. The summed E-state index contributed by atoms with van der Waals surface area (Å²) >= 11 is 0. The smallest absolute Gasteiger partial charge is 0.226 e. The van der Waals surface area contributed by atoms with Crippen LogP contribution < -0.4 is 10.6 Å². The van der Waals surface area contributed by atoms with Crippen LogP contribution in [0.2, 0.25) is 0 Å². The Bertz CT molecular complexity index is 690. The highest BCUT2D eigenvalue weighted by molar-refractivity contribution is 5.87. The number of nitrogens with zero attached hydrogens (tertiary/aromatic N) is 3. The lowest BCUT2D eigenvalue weighted by molar-refractivity contribution is 0.490. The Morgan fingerprint density at radius 3 is 3.05 bits per heavy atom. The molecule has 0 aliphatic rings. The Balaban J connectivity index is 1.94. The molecule has 0 radical (unpaired) electrons. The fourth-order valence-corrected chi connectivity index (χ4v) is 2.00. The molecule has 0 bridgehead atoms. The molecule has 0 spiro atoms. The SMILES string of the molecule is CCNc1nc(NC(C)c2ccco2)c2cn[nH]c2n1. The van der Waals surface area contributed by atoms with Gasteiger partial charge in [0.2, 0.25) is 5.95 Å². The normalized spacial score (nSPS) is 12.5. The third-order valence-corrected chi connectivity index (χ3v) is 2.97. The van der Waals surface area contributed by atoms with Crippen LogP contribution in [0.4, 0.5) is 11.8 Å². The quantitative estimate of drug-likeness (QED) is 0.661. The molecule has 0 saturated carbocycles. The minimum Gasteiger partial charge on any atom is -0.467 e. The van der Waals surface area contributed by atoms with Crippen molar-refractivity contribution in [3.8, 4) is 0 Å². The maximum atomic E-state index is 5.39. The van der Waals surface area contributed by atoms with E-state index in [0.717, 1.165) is 23.5 Å². The van der Waals surface area contributed by atoms with Crippen molar-refractivity contribution < 1.29 is 4.42 Å². The van der Waals surface area contributed by atoms with Gasteiger partial charge in [-0.25, -0.2) is 0 Å². The summed E-state index contributed by atoms with van der Waals surface area (Å²) in [5.41, 5.74) is 0.699. The molecule has 0 aromatic carbocycles. The van der Waals surface area contributed by atoms with Crippen molar-refractivity contribution >= 4 is 22.8 Å². The largest absolute Gasteiger partial charge is 0.467 e. The molecule has 104 valence electrons. The van der Waals surface area contributed by atoms with Gasteiger partial charge >= 0.3 is 0 Å².